The largest absolute Gasteiger partial charge is 0.298 e. The zero-order chi connectivity index (χ0) is 19.8. The minimum absolute atomic E-state index is 0.00755. The molecule has 1 saturated carbocycles. The Morgan fingerprint density at radius 3 is 2.72 bits per heavy atom. The molecule has 1 aliphatic carbocycles. The molecular formula is C20H20N8S. The van der Waals surface area contributed by atoms with Gasteiger partial charge in [-0.2, -0.15) is 0 Å². The number of aromatic nitrogens is 8. The Morgan fingerprint density at radius 2 is 1.97 bits per heavy atom. The maximum Gasteiger partial charge on any atom is 0.192 e. The van der Waals surface area contributed by atoms with E-state index in [1.807, 2.05) is 49.4 Å². The van der Waals surface area contributed by atoms with Crippen molar-refractivity contribution in [1.29, 1.82) is 0 Å². The van der Waals surface area contributed by atoms with Crippen LogP contribution >= 0.6 is 11.8 Å². The summed E-state index contributed by atoms with van der Waals surface area (Å²) in [6.07, 6.45) is 4.06. The maximum absolute atomic E-state index is 4.58. The van der Waals surface area contributed by atoms with Crippen LogP contribution in [0.2, 0.25) is 0 Å². The van der Waals surface area contributed by atoms with Gasteiger partial charge in [0.1, 0.15) is 5.69 Å². The van der Waals surface area contributed by atoms with Gasteiger partial charge in [0.15, 0.2) is 16.8 Å². The number of thioether (sulfide) groups is 1. The average Bonchev–Trinajstić information content (AvgIpc) is 3.29. The predicted octanol–water partition coefficient (Wildman–Crippen LogP) is 3.81. The summed E-state index contributed by atoms with van der Waals surface area (Å²) < 4.78 is 2.20. The van der Waals surface area contributed by atoms with Gasteiger partial charge in [0.2, 0.25) is 0 Å². The van der Waals surface area contributed by atoms with E-state index in [4.69, 9.17) is 0 Å². The van der Waals surface area contributed by atoms with Gasteiger partial charge in [-0.1, -0.05) is 30.0 Å². The summed E-state index contributed by atoms with van der Waals surface area (Å²) in [4.78, 5) is 6.02. The molecule has 29 heavy (non-hydrogen) atoms. The Bertz CT molecular complexity index is 1130. The SMILES string of the molecule is Cc1cccc(-n2nnc(C(C)Sc3nnc(-c4ccccn4)n3C3CC3)n2)c1. The fraction of sp³-hybridized carbons (Fsp3) is 0.300. The smallest absolute Gasteiger partial charge is 0.192 e. The van der Waals surface area contributed by atoms with Gasteiger partial charge in [0.25, 0.3) is 0 Å². The second-order valence-electron chi connectivity index (χ2n) is 7.16. The van der Waals surface area contributed by atoms with Crippen molar-refractivity contribution in [2.24, 2.45) is 0 Å². The van der Waals surface area contributed by atoms with Crippen LogP contribution in [0.1, 0.15) is 42.4 Å². The van der Waals surface area contributed by atoms with Crippen LogP contribution in [0.5, 0.6) is 0 Å². The zero-order valence-corrected chi connectivity index (χ0v) is 17.0. The highest BCUT2D eigenvalue weighted by atomic mass is 32.2. The van der Waals surface area contributed by atoms with Crippen molar-refractivity contribution in [3.63, 3.8) is 0 Å². The van der Waals surface area contributed by atoms with E-state index in [9.17, 15) is 0 Å². The molecule has 0 amide bonds. The summed E-state index contributed by atoms with van der Waals surface area (Å²) in [5, 5.41) is 22.8. The monoisotopic (exact) mass is 404 g/mol. The lowest BCUT2D eigenvalue weighted by Gasteiger charge is -2.10. The van der Waals surface area contributed by atoms with Crippen molar-refractivity contribution in [3.05, 3.63) is 60.0 Å². The number of tetrazole rings is 1. The van der Waals surface area contributed by atoms with Gasteiger partial charge in [0.05, 0.1) is 10.9 Å². The van der Waals surface area contributed by atoms with Crippen molar-refractivity contribution in [2.75, 3.05) is 0 Å². The van der Waals surface area contributed by atoms with E-state index < -0.39 is 0 Å². The van der Waals surface area contributed by atoms with Gasteiger partial charge in [-0.15, -0.1) is 25.2 Å². The molecule has 1 aromatic carbocycles. The van der Waals surface area contributed by atoms with E-state index in [-0.39, 0.29) is 5.25 Å². The normalized spacial score (nSPS) is 14.8. The fourth-order valence-electron chi connectivity index (χ4n) is 3.15. The second kappa shape index (κ2) is 7.40. The number of pyridine rings is 1. The average molecular weight is 405 g/mol. The Hall–Kier alpha value is -3.07. The first-order valence-electron chi connectivity index (χ1n) is 9.59. The Balaban J connectivity index is 1.40. The first kappa shape index (κ1) is 18.0. The predicted molar refractivity (Wildman–Crippen MR) is 110 cm³/mol. The molecule has 4 aromatic rings. The number of aryl methyl sites for hydroxylation is 1. The molecule has 0 bridgehead atoms. The van der Waals surface area contributed by atoms with Crippen LogP contribution in [0, 0.1) is 6.92 Å². The van der Waals surface area contributed by atoms with Crippen LogP contribution in [-0.2, 0) is 0 Å². The topological polar surface area (TPSA) is 87.2 Å². The first-order valence-corrected chi connectivity index (χ1v) is 10.5. The van der Waals surface area contributed by atoms with Crippen molar-refractivity contribution in [2.45, 2.75) is 43.1 Å². The lowest BCUT2D eigenvalue weighted by atomic mass is 10.2. The third kappa shape index (κ3) is 3.65. The van der Waals surface area contributed by atoms with Crippen LogP contribution < -0.4 is 0 Å². The number of rotatable bonds is 6. The molecule has 0 N–H and O–H groups in total. The Labute approximate surface area is 172 Å². The quantitative estimate of drug-likeness (QED) is 0.452. The van der Waals surface area contributed by atoms with E-state index in [2.05, 4.69) is 42.1 Å². The first-order chi connectivity index (χ1) is 14.2. The molecule has 0 saturated heterocycles. The highest BCUT2D eigenvalue weighted by Crippen LogP contribution is 2.43. The second-order valence-corrected chi connectivity index (χ2v) is 8.47. The van der Waals surface area contributed by atoms with E-state index in [0.717, 1.165) is 40.8 Å². The summed E-state index contributed by atoms with van der Waals surface area (Å²) in [5.41, 5.74) is 2.90. The molecule has 8 nitrogen and oxygen atoms in total. The molecule has 9 heteroatoms. The van der Waals surface area contributed by atoms with E-state index in [1.54, 1.807) is 22.8 Å². The van der Waals surface area contributed by atoms with Gasteiger partial charge >= 0.3 is 0 Å². The lowest BCUT2D eigenvalue weighted by Crippen LogP contribution is -2.03. The standard InChI is InChI=1S/C20H20N8S/c1-13-6-5-7-16(12-13)28-25-18(22-26-28)14(2)29-20-24-23-19(27(20)15-9-10-15)17-8-3-4-11-21-17/h3-8,11-12,14-15H,9-10H2,1-2H3. The lowest BCUT2D eigenvalue weighted by molar-refractivity contribution is 0.665. The highest BCUT2D eigenvalue weighted by Gasteiger charge is 2.31. The maximum atomic E-state index is 4.58. The van der Waals surface area contributed by atoms with Crippen molar-refractivity contribution in [3.8, 4) is 17.2 Å². The van der Waals surface area contributed by atoms with Crippen LogP contribution in [0.4, 0.5) is 0 Å². The molecule has 1 fully saturated rings. The van der Waals surface area contributed by atoms with Crippen molar-refractivity contribution < 1.29 is 0 Å². The third-order valence-corrected chi connectivity index (χ3v) is 5.83. The van der Waals surface area contributed by atoms with Crippen LogP contribution in [-0.4, -0.2) is 40.0 Å². The summed E-state index contributed by atoms with van der Waals surface area (Å²) in [7, 11) is 0. The molecule has 1 atom stereocenters. The molecular weight excluding hydrogens is 384 g/mol. The molecule has 0 aliphatic heterocycles. The van der Waals surface area contributed by atoms with Crippen LogP contribution in [0.25, 0.3) is 17.2 Å². The van der Waals surface area contributed by atoms with Gasteiger partial charge in [-0.05, 0) is 61.7 Å². The number of nitrogens with zero attached hydrogens (tertiary/aromatic N) is 8. The van der Waals surface area contributed by atoms with Gasteiger partial charge in [-0.25, -0.2) is 0 Å². The van der Waals surface area contributed by atoms with E-state index >= 15 is 0 Å². The molecule has 0 spiro atoms. The highest BCUT2D eigenvalue weighted by molar-refractivity contribution is 7.99. The molecule has 3 aromatic heterocycles. The summed E-state index contributed by atoms with van der Waals surface area (Å²) in [5.74, 6) is 1.49. The van der Waals surface area contributed by atoms with Crippen LogP contribution in [0.3, 0.4) is 0 Å². The molecule has 3 heterocycles. The van der Waals surface area contributed by atoms with Crippen LogP contribution in [0.15, 0.2) is 53.8 Å². The summed E-state index contributed by atoms with van der Waals surface area (Å²) in [6, 6.07) is 14.3. The number of benzene rings is 1. The molecule has 146 valence electrons. The number of hydrogen-bond donors (Lipinski definition) is 0. The summed E-state index contributed by atoms with van der Waals surface area (Å²) >= 11 is 1.60. The Morgan fingerprint density at radius 1 is 1.07 bits per heavy atom. The van der Waals surface area contributed by atoms with Gasteiger partial charge < -0.3 is 0 Å². The molecule has 1 unspecified atom stereocenters. The van der Waals surface area contributed by atoms with Crippen molar-refractivity contribution in [1.82, 2.24) is 40.0 Å². The van der Waals surface area contributed by atoms with E-state index in [1.165, 1.54) is 0 Å². The van der Waals surface area contributed by atoms with Gasteiger partial charge in [0, 0.05) is 12.2 Å². The fourth-order valence-corrected chi connectivity index (χ4v) is 4.10. The zero-order valence-electron chi connectivity index (χ0n) is 16.2. The minimum atomic E-state index is -0.00755. The number of hydrogen-bond acceptors (Lipinski definition) is 7. The molecule has 5 rings (SSSR count). The van der Waals surface area contributed by atoms with E-state index in [0.29, 0.717) is 11.9 Å². The molecule has 1 aliphatic rings. The Kier molecular flexibility index (Phi) is 4.59. The van der Waals surface area contributed by atoms with Crippen molar-refractivity contribution >= 4 is 11.8 Å². The molecule has 0 radical (unpaired) electrons. The van der Waals surface area contributed by atoms with Gasteiger partial charge in [-0.3, -0.25) is 9.55 Å². The third-order valence-electron chi connectivity index (χ3n) is 4.78. The minimum Gasteiger partial charge on any atom is -0.298 e. The summed E-state index contributed by atoms with van der Waals surface area (Å²) in [6.45, 7) is 4.11.